The Balaban J connectivity index is 1.84. The van der Waals surface area contributed by atoms with Crippen LogP contribution in [0.25, 0.3) is 0 Å². The highest BCUT2D eigenvalue weighted by Crippen LogP contribution is 2.26. The smallest absolute Gasteiger partial charge is 0.405 e. The van der Waals surface area contributed by atoms with Crippen LogP contribution in [0, 0.1) is 0 Å². The normalized spacial score (nSPS) is 11.0. The number of hydrogen-bond acceptors (Lipinski definition) is 7. The van der Waals surface area contributed by atoms with Crippen molar-refractivity contribution in [2.45, 2.75) is 16.8 Å². The molecule has 0 aliphatic heterocycles. The first kappa shape index (κ1) is 21.7. The van der Waals surface area contributed by atoms with Gasteiger partial charge < -0.3 is 10.1 Å². The molecule has 0 unspecified atom stereocenters. The van der Waals surface area contributed by atoms with Crippen molar-refractivity contribution in [3.8, 4) is 0 Å². The van der Waals surface area contributed by atoms with Gasteiger partial charge in [-0.3, -0.25) is 10.1 Å². The van der Waals surface area contributed by atoms with Crippen LogP contribution >= 0.6 is 23.1 Å². The van der Waals surface area contributed by atoms with E-state index < -0.39 is 37.2 Å². The minimum Gasteiger partial charge on any atom is -0.452 e. The second-order valence-electron chi connectivity index (χ2n) is 5.19. The van der Waals surface area contributed by atoms with E-state index >= 15 is 0 Å². The number of amides is 3. The largest absolute Gasteiger partial charge is 0.452 e. The van der Waals surface area contributed by atoms with E-state index in [0.29, 0.717) is 10.6 Å². The van der Waals surface area contributed by atoms with E-state index in [1.54, 1.807) is 29.0 Å². The Morgan fingerprint density at radius 2 is 1.96 bits per heavy atom. The number of nitrogens with zero attached hydrogens (tertiary/aromatic N) is 1. The van der Waals surface area contributed by atoms with E-state index in [-0.39, 0.29) is 5.56 Å². The maximum absolute atomic E-state index is 12.2. The lowest BCUT2D eigenvalue weighted by Gasteiger charge is -2.10. The van der Waals surface area contributed by atoms with Crippen LogP contribution in [0.4, 0.5) is 18.0 Å². The molecule has 28 heavy (non-hydrogen) atoms. The van der Waals surface area contributed by atoms with Crippen molar-refractivity contribution < 1.29 is 32.3 Å². The maximum Gasteiger partial charge on any atom is 0.405 e. The summed E-state index contributed by atoms with van der Waals surface area (Å²) < 4.78 is 40.8. The second kappa shape index (κ2) is 10.1. The third kappa shape index (κ3) is 7.56. The van der Waals surface area contributed by atoms with Gasteiger partial charge in [0.1, 0.15) is 6.54 Å². The van der Waals surface area contributed by atoms with Gasteiger partial charge in [0.2, 0.25) is 0 Å². The first-order chi connectivity index (χ1) is 13.2. The van der Waals surface area contributed by atoms with Crippen LogP contribution in [-0.2, 0) is 15.3 Å². The van der Waals surface area contributed by atoms with Gasteiger partial charge in [0.05, 0.1) is 16.8 Å². The monoisotopic (exact) mass is 433 g/mol. The number of hydrogen-bond donors (Lipinski definition) is 2. The molecule has 0 aliphatic rings. The van der Waals surface area contributed by atoms with E-state index in [2.05, 4.69) is 4.98 Å². The van der Waals surface area contributed by atoms with E-state index in [0.717, 1.165) is 5.69 Å². The van der Waals surface area contributed by atoms with Crippen LogP contribution in [0.3, 0.4) is 0 Å². The summed E-state index contributed by atoms with van der Waals surface area (Å²) in [6.07, 6.45) is -4.60. The lowest BCUT2D eigenvalue weighted by atomic mass is 10.2. The van der Waals surface area contributed by atoms with Crippen LogP contribution in [0.2, 0.25) is 0 Å². The summed E-state index contributed by atoms with van der Waals surface area (Å²) in [5.41, 5.74) is 2.76. The fourth-order valence-electron chi connectivity index (χ4n) is 1.82. The van der Waals surface area contributed by atoms with Gasteiger partial charge in [-0.25, -0.2) is 14.6 Å². The average Bonchev–Trinajstić information content (AvgIpc) is 3.16. The number of alkyl halides is 3. The van der Waals surface area contributed by atoms with E-state index in [4.69, 9.17) is 4.74 Å². The van der Waals surface area contributed by atoms with Crippen molar-refractivity contribution in [1.82, 2.24) is 15.6 Å². The highest BCUT2D eigenvalue weighted by Gasteiger charge is 2.28. The molecule has 7 nitrogen and oxygen atoms in total. The van der Waals surface area contributed by atoms with Crippen LogP contribution in [-0.4, -0.2) is 42.2 Å². The minimum absolute atomic E-state index is 0.219. The van der Waals surface area contributed by atoms with E-state index in [9.17, 15) is 27.6 Å². The Labute approximate surface area is 165 Å². The van der Waals surface area contributed by atoms with E-state index in [1.165, 1.54) is 34.5 Å². The fraction of sp³-hybridized carbons (Fsp3) is 0.250. The number of carbonyl (C=O) groups is 3. The molecule has 0 saturated carbocycles. The highest BCUT2D eigenvalue weighted by atomic mass is 32.2. The van der Waals surface area contributed by atoms with Crippen molar-refractivity contribution >= 4 is 41.0 Å². The van der Waals surface area contributed by atoms with Gasteiger partial charge >= 0.3 is 18.2 Å². The first-order valence-electron chi connectivity index (χ1n) is 7.65. The van der Waals surface area contributed by atoms with Crippen molar-refractivity contribution in [3.05, 3.63) is 46.4 Å². The lowest BCUT2D eigenvalue weighted by Crippen LogP contribution is -2.44. The van der Waals surface area contributed by atoms with Crippen LogP contribution in [0.5, 0.6) is 0 Å². The second-order valence-corrected chi connectivity index (χ2v) is 6.92. The molecule has 0 bridgehead atoms. The molecule has 0 spiro atoms. The van der Waals surface area contributed by atoms with Crippen LogP contribution in [0.15, 0.2) is 40.1 Å². The Kier molecular flexibility index (Phi) is 7.81. The Morgan fingerprint density at radius 3 is 2.64 bits per heavy atom. The average molecular weight is 433 g/mol. The number of thioether (sulfide) groups is 1. The lowest BCUT2D eigenvalue weighted by molar-refractivity contribution is -0.125. The van der Waals surface area contributed by atoms with Crippen LogP contribution in [0.1, 0.15) is 16.1 Å². The molecule has 0 saturated heterocycles. The molecule has 1 aromatic carbocycles. The van der Waals surface area contributed by atoms with E-state index in [1.807, 2.05) is 5.38 Å². The Morgan fingerprint density at radius 1 is 1.21 bits per heavy atom. The third-order valence-corrected chi connectivity index (χ3v) is 4.75. The molecule has 0 aliphatic carbocycles. The highest BCUT2D eigenvalue weighted by molar-refractivity contribution is 7.98. The number of nitrogens with one attached hydrogen (secondary N) is 2. The molecule has 2 aromatic rings. The molecule has 0 atom stereocenters. The molecule has 2 N–H and O–H groups in total. The number of benzene rings is 1. The standard InChI is InChI=1S/C16H14F3N3O4S2/c17-16(18,19)8-20-15(25)22-13(23)5-26-14(24)11-3-1-2-4-12(11)28-7-10-6-27-9-21-10/h1-4,6,9H,5,7-8H2,(H2,20,22,23,25). The van der Waals surface area contributed by atoms with Crippen molar-refractivity contribution in [2.24, 2.45) is 0 Å². The van der Waals surface area contributed by atoms with Gasteiger partial charge in [-0.05, 0) is 12.1 Å². The summed E-state index contributed by atoms with van der Waals surface area (Å²) in [6, 6.07) is 5.24. The van der Waals surface area contributed by atoms with Gasteiger partial charge in [0, 0.05) is 16.0 Å². The molecule has 0 fully saturated rings. The molecular weight excluding hydrogens is 419 g/mol. The number of aromatic nitrogens is 1. The summed E-state index contributed by atoms with van der Waals surface area (Å²) in [7, 11) is 0. The Hall–Kier alpha value is -2.60. The van der Waals surface area contributed by atoms with Crippen molar-refractivity contribution in [1.29, 1.82) is 0 Å². The summed E-state index contributed by atoms with van der Waals surface area (Å²) in [4.78, 5) is 39.7. The number of urea groups is 1. The molecule has 12 heteroatoms. The molecule has 2 rings (SSSR count). The third-order valence-electron chi connectivity index (χ3n) is 3.00. The number of rotatable bonds is 7. The quantitative estimate of drug-likeness (QED) is 0.515. The zero-order chi connectivity index (χ0) is 20.6. The summed E-state index contributed by atoms with van der Waals surface area (Å²) >= 11 is 2.81. The number of esters is 1. The number of ether oxygens (including phenoxy) is 1. The van der Waals surface area contributed by atoms with Gasteiger partial charge in [-0.2, -0.15) is 13.2 Å². The van der Waals surface area contributed by atoms with Crippen molar-refractivity contribution in [2.75, 3.05) is 13.2 Å². The maximum atomic E-state index is 12.2. The zero-order valence-electron chi connectivity index (χ0n) is 14.1. The van der Waals surface area contributed by atoms with Gasteiger partial charge in [-0.1, -0.05) is 12.1 Å². The van der Waals surface area contributed by atoms with Crippen LogP contribution < -0.4 is 10.6 Å². The summed E-state index contributed by atoms with van der Waals surface area (Å²) in [6.45, 7) is -2.40. The number of imide groups is 1. The topological polar surface area (TPSA) is 97.4 Å². The molecule has 1 heterocycles. The summed E-state index contributed by atoms with van der Waals surface area (Å²) in [5.74, 6) is -1.32. The summed E-state index contributed by atoms with van der Waals surface area (Å²) in [5, 5.41) is 4.98. The fourth-order valence-corrected chi connectivity index (χ4v) is 3.42. The molecule has 1 aromatic heterocycles. The molecule has 150 valence electrons. The SMILES string of the molecule is O=C(COC(=O)c1ccccc1SCc1cscn1)NC(=O)NCC(F)(F)F. The van der Waals surface area contributed by atoms with Gasteiger partial charge in [0.15, 0.2) is 6.61 Å². The number of carbonyl (C=O) groups excluding carboxylic acids is 3. The Bertz CT molecular complexity index is 829. The van der Waals surface area contributed by atoms with Crippen molar-refractivity contribution in [3.63, 3.8) is 0 Å². The number of thiazole rings is 1. The van der Waals surface area contributed by atoms with Gasteiger partial charge in [0.25, 0.3) is 5.91 Å². The molecule has 0 radical (unpaired) electrons. The predicted molar refractivity (Wildman–Crippen MR) is 96.0 cm³/mol. The first-order valence-corrected chi connectivity index (χ1v) is 9.58. The predicted octanol–water partition coefficient (Wildman–Crippen LogP) is 2.98. The molecular formula is C16H14F3N3O4S2. The molecule has 3 amide bonds. The minimum atomic E-state index is -4.60. The number of halogens is 3. The van der Waals surface area contributed by atoms with Gasteiger partial charge in [-0.15, -0.1) is 23.1 Å². The zero-order valence-corrected chi connectivity index (χ0v) is 15.7.